The van der Waals surface area contributed by atoms with E-state index in [1.807, 2.05) is 12.1 Å². The second-order valence-corrected chi connectivity index (χ2v) is 4.59. The second-order valence-electron chi connectivity index (χ2n) is 2.93. The second kappa shape index (κ2) is 4.02. The van der Waals surface area contributed by atoms with Crippen LogP contribution in [0, 0.1) is 3.95 Å². The highest BCUT2D eigenvalue weighted by Gasteiger charge is 2.05. The molecule has 14 heavy (non-hydrogen) atoms. The van der Waals surface area contributed by atoms with Crippen molar-refractivity contribution in [1.29, 1.82) is 0 Å². The Morgan fingerprint density at radius 3 is 2.86 bits per heavy atom. The van der Waals surface area contributed by atoms with Crippen LogP contribution in [0.15, 0.2) is 24.3 Å². The molecule has 0 amide bonds. The molecule has 2 aromatic rings. The first-order valence-electron chi connectivity index (χ1n) is 4.45. The van der Waals surface area contributed by atoms with Gasteiger partial charge in [0, 0.05) is 5.56 Å². The van der Waals surface area contributed by atoms with Crippen LogP contribution in [0.4, 0.5) is 0 Å². The van der Waals surface area contributed by atoms with E-state index in [1.165, 1.54) is 22.5 Å². The van der Waals surface area contributed by atoms with Crippen LogP contribution >= 0.6 is 23.6 Å². The molecule has 0 radical (unpaired) electrons. The fourth-order valence-electron chi connectivity index (χ4n) is 1.38. The Labute approximate surface area is 91.6 Å². The van der Waals surface area contributed by atoms with E-state index in [1.54, 1.807) is 0 Å². The van der Waals surface area contributed by atoms with Crippen LogP contribution in [0.1, 0.15) is 12.5 Å². The fraction of sp³-hybridized carbons (Fsp3) is 0.200. The van der Waals surface area contributed by atoms with E-state index >= 15 is 0 Å². The van der Waals surface area contributed by atoms with Gasteiger partial charge in [-0.3, -0.25) is 5.10 Å². The van der Waals surface area contributed by atoms with Crippen molar-refractivity contribution in [2.24, 2.45) is 0 Å². The first-order valence-corrected chi connectivity index (χ1v) is 5.67. The summed E-state index contributed by atoms with van der Waals surface area (Å²) in [5.74, 6) is 0. The van der Waals surface area contributed by atoms with Crippen LogP contribution in [0.25, 0.3) is 10.6 Å². The molecule has 2 rings (SSSR count). The van der Waals surface area contributed by atoms with Crippen molar-refractivity contribution in [3.05, 3.63) is 33.8 Å². The number of rotatable bonds is 2. The van der Waals surface area contributed by atoms with Crippen LogP contribution in [-0.4, -0.2) is 10.2 Å². The summed E-state index contributed by atoms with van der Waals surface area (Å²) in [4.78, 5) is 0. The molecule has 0 aliphatic heterocycles. The minimum Gasteiger partial charge on any atom is -0.258 e. The Morgan fingerprint density at radius 1 is 1.43 bits per heavy atom. The number of nitrogens with one attached hydrogen (secondary N) is 1. The van der Waals surface area contributed by atoms with Crippen LogP contribution in [0.5, 0.6) is 0 Å². The molecule has 0 saturated carbocycles. The molecule has 2 nitrogen and oxygen atoms in total. The highest BCUT2D eigenvalue weighted by Crippen LogP contribution is 2.25. The van der Waals surface area contributed by atoms with E-state index < -0.39 is 0 Å². The number of hydrogen-bond acceptors (Lipinski definition) is 3. The molecule has 0 aliphatic carbocycles. The molecule has 4 heteroatoms. The summed E-state index contributed by atoms with van der Waals surface area (Å²) < 4.78 is 0.728. The van der Waals surface area contributed by atoms with Crippen molar-refractivity contribution in [3.63, 3.8) is 0 Å². The van der Waals surface area contributed by atoms with Gasteiger partial charge in [0.15, 0.2) is 3.95 Å². The molecule has 1 heterocycles. The maximum absolute atomic E-state index is 5.01. The van der Waals surface area contributed by atoms with E-state index in [4.69, 9.17) is 12.2 Å². The van der Waals surface area contributed by atoms with Crippen LogP contribution in [0.2, 0.25) is 0 Å². The van der Waals surface area contributed by atoms with Gasteiger partial charge in [-0.1, -0.05) is 42.5 Å². The van der Waals surface area contributed by atoms with Gasteiger partial charge in [0.2, 0.25) is 0 Å². The highest BCUT2D eigenvalue weighted by atomic mass is 32.1. The Bertz CT molecular complexity index is 485. The number of aryl methyl sites for hydroxylation is 1. The summed E-state index contributed by atoms with van der Waals surface area (Å²) in [6.07, 6.45) is 1.02. The first-order chi connectivity index (χ1) is 6.81. The predicted molar refractivity (Wildman–Crippen MR) is 62.1 cm³/mol. The molecule has 0 spiro atoms. The van der Waals surface area contributed by atoms with Gasteiger partial charge in [0.05, 0.1) is 0 Å². The Balaban J connectivity index is 2.55. The Morgan fingerprint density at radius 2 is 2.21 bits per heavy atom. The van der Waals surface area contributed by atoms with Gasteiger partial charge >= 0.3 is 0 Å². The van der Waals surface area contributed by atoms with Crippen molar-refractivity contribution in [2.75, 3.05) is 0 Å². The van der Waals surface area contributed by atoms with Crippen molar-refractivity contribution >= 4 is 23.6 Å². The predicted octanol–water partition coefficient (Wildman–Crippen LogP) is 3.43. The van der Waals surface area contributed by atoms with Gasteiger partial charge in [-0.25, -0.2) is 0 Å². The number of H-pyrrole nitrogens is 1. The number of aromatic nitrogens is 2. The lowest BCUT2D eigenvalue weighted by atomic mass is 10.1. The number of nitrogens with zero attached hydrogens (tertiary/aromatic N) is 1. The van der Waals surface area contributed by atoms with Crippen LogP contribution in [-0.2, 0) is 6.42 Å². The standard InChI is InChI=1S/C10H10N2S2/c1-2-7-5-3-4-6-8(7)9-11-12-10(13)14-9/h3-6H,2H2,1H3,(H,12,13). The van der Waals surface area contributed by atoms with E-state index in [-0.39, 0.29) is 0 Å². The van der Waals surface area contributed by atoms with E-state index in [0.717, 1.165) is 15.4 Å². The van der Waals surface area contributed by atoms with Gasteiger partial charge in [-0.15, -0.1) is 0 Å². The lowest BCUT2D eigenvalue weighted by Gasteiger charge is -2.02. The van der Waals surface area contributed by atoms with E-state index in [9.17, 15) is 0 Å². The molecule has 1 aromatic carbocycles. The molecule has 0 saturated heterocycles. The SMILES string of the molecule is CCc1ccccc1-c1n[nH]c(=S)s1. The highest BCUT2D eigenvalue weighted by molar-refractivity contribution is 7.73. The Kier molecular flexibility index (Phi) is 2.74. The first kappa shape index (κ1) is 9.55. The largest absolute Gasteiger partial charge is 0.258 e. The molecule has 1 N–H and O–H groups in total. The minimum atomic E-state index is 0.728. The van der Waals surface area contributed by atoms with Gasteiger partial charge in [0.25, 0.3) is 0 Å². The van der Waals surface area contributed by atoms with Crippen molar-refractivity contribution in [3.8, 4) is 10.6 Å². The maximum atomic E-state index is 5.01. The number of benzene rings is 1. The summed E-state index contributed by atoms with van der Waals surface area (Å²) >= 11 is 6.53. The number of aromatic amines is 1. The summed E-state index contributed by atoms with van der Waals surface area (Å²) in [5, 5.41) is 7.96. The molecular weight excluding hydrogens is 212 g/mol. The fourth-order valence-corrected chi connectivity index (χ4v) is 2.33. The molecule has 0 atom stereocenters. The normalized spacial score (nSPS) is 10.4. The summed E-state index contributed by atoms with van der Waals surface area (Å²) in [6.45, 7) is 2.14. The summed E-state index contributed by atoms with van der Waals surface area (Å²) in [5.41, 5.74) is 2.50. The minimum absolute atomic E-state index is 0.728. The van der Waals surface area contributed by atoms with Gasteiger partial charge < -0.3 is 0 Å². The van der Waals surface area contributed by atoms with Gasteiger partial charge in [0.1, 0.15) is 5.01 Å². The maximum Gasteiger partial charge on any atom is 0.176 e. The van der Waals surface area contributed by atoms with Crippen molar-refractivity contribution in [2.45, 2.75) is 13.3 Å². The average molecular weight is 222 g/mol. The smallest absolute Gasteiger partial charge is 0.176 e. The Hall–Kier alpha value is -1.00. The molecule has 0 unspecified atom stereocenters. The molecule has 72 valence electrons. The molecule has 1 aromatic heterocycles. The average Bonchev–Trinajstić information content (AvgIpc) is 2.65. The molecule has 0 bridgehead atoms. The third-order valence-electron chi connectivity index (χ3n) is 2.07. The van der Waals surface area contributed by atoms with Crippen LogP contribution < -0.4 is 0 Å². The third kappa shape index (κ3) is 1.76. The van der Waals surface area contributed by atoms with E-state index in [2.05, 4.69) is 29.3 Å². The molecular formula is C10H10N2S2. The van der Waals surface area contributed by atoms with Gasteiger partial charge in [-0.05, 0) is 24.2 Å². The summed E-state index contributed by atoms with van der Waals surface area (Å²) in [6, 6.07) is 8.28. The lowest BCUT2D eigenvalue weighted by Crippen LogP contribution is -1.85. The zero-order chi connectivity index (χ0) is 9.97. The zero-order valence-corrected chi connectivity index (χ0v) is 9.41. The summed E-state index contributed by atoms with van der Waals surface area (Å²) in [7, 11) is 0. The van der Waals surface area contributed by atoms with Crippen molar-refractivity contribution in [1.82, 2.24) is 10.2 Å². The van der Waals surface area contributed by atoms with E-state index in [0.29, 0.717) is 0 Å². The number of hydrogen-bond donors (Lipinski definition) is 1. The monoisotopic (exact) mass is 222 g/mol. The van der Waals surface area contributed by atoms with Crippen molar-refractivity contribution < 1.29 is 0 Å². The van der Waals surface area contributed by atoms with Crippen LogP contribution in [0.3, 0.4) is 0 Å². The topological polar surface area (TPSA) is 28.7 Å². The lowest BCUT2D eigenvalue weighted by molar-refractivity contribution is 1.07. The quantitative estimate of drug-likeness (QED) is 0.789. The van der Waals surface area contributed by atoms with Gasteiger partial charge in [-0.2, -0.15) is 5.10 Å². The zero-order valence-electron chi connectivity index (χ0n) is 7.78. The third-order valence-corrected chi connectivity index (χ3v) is 3.19. The molecule has 0 aliphatic rings. The molecule has 0 fully saturated rings.